The first-order chi connectivity index (χ1) is 15.9. The van der Waals surface area contributed by atoms with Gasteiger partial charge in [-0.2, -0.15) is 0 Å². The molecule has 3 aromatic heterocycles. The van der Waals surface area contributed by atoms with Gasteiger partial charge in [0.25, 0.3) is 0 Å². The van der Waals surface area contributed by atoms with Crippen molar-refractivity contribution in [1.29, 1.82) is 0 Å². The van der Waals surface area contributed by atoms with Gasteiger partial charge >= 0.3 is 0 Å². The van der Waals surface area contributed by atoms with E-state index in [0.29, 0.717) is 0 Å². The summed E-state index contributed by atoms with van der Waals surface area (Å²) in [6.07, 6.45) is 1.86. The number of hydrogen-bond acceptors (Lipinski definition) is 1. The molecule has 7 rings (SSSR count). The molecule has 0 atom stereocenters. The summed E-state index contributed by atoms with van der Waals surface area (Å²) < 4.78 is 4.65. The van der Waals surface area contributed by atoms with E-state index in [1.807, 2.05) is 18.3 Å². The summed E-state index contributed by atoms with van der Waals surface area (Å²) in [6.45, 7) is 0. The highest BCUT2D eigenvalue weighted by atomic mass is 15.1. The Balaban J connectivity index is 1.74. The molecule has 0 N–H and O–H groups in total. The second-order valence-corrected chi connectivity index (χ2v) is 8.08. The first-order valence-corrected chi connectivity index (χ1v) is 10.8. The molecule has 0 spiro atoms. The van der Waals surface area contributed by atoms with E-state index in [4.69, 9.17) is 0 Å². The Morgan fingerprint density at radius 1 is 0.438 bits per heavy atom. The summed E-state index contributed by atoms with van der Waals surface area (Å²) in [6, 6.07) is 38.5. The molecule has 3 nitrogen and oxygen atoms in total. The van der Waals surface area contributed by atoms with E-state index in [2.05, 4.69) is 111 Å². The summed E-state index contributed by atoms with van der Waals surface area (Å²) >= 11 is 0. The van der Waals surface area contributed by atoms with Gasteiger partial charge in [0.05, 0.1) is 22.1 Å². The lowest BCUT2D eigenvalue weighted by Crippen LogP contribution is -1.96. The topological polar surface area (TPSA) is 22.8 Å². The van der Waals surface area contributed by atoms with Gasteiger partial charge in [-0.15, -0.1) is 0 Å². The molecule has 0 amide bonds. The van der Waals surface area contributed by atoms with Crippen LogP contribution < -0.4 is 0 Å². The SMILES string of the molecule is c1ccc(-n2c3ccccc3c3c4c5ccccc5n(-c5ccccn5)c4ccc32)cc1. The molecule has 32 heavy (non-hydrogen) atoms. The summed E-state index contributed by atoms with van der Waals surface area (Å²) in [5.41, 5.74) is 5.95. The van der Waals surface area contributed by atoms with Gasteiger partial charge in [-0.1, -0.05) is 60.7 Å². The molecule has 0 unspecified atom stereocenters. The van der Waals surface area contributed by atoms with Crippen LogP contribution in [0.5, 0.6) is 0 Å². The van der Waals surface area contributed by atoms with Crippen molar-refractivity contribution in [3.63, 3.8) is 0 Å². The van der Waals surface area contributed by atoms with Crippen LogP contribution in [0.25, 0.3) is 55.1 Å². The molecule has 0 aliphatic rings. The van der Waals surface area contributed by atoms with Gasteiger partial charge in [-0.3, -0.25) is 4.57 Å². The molecule has 0 bridgehead atoms. The van der Waals surface area contributed by atoms with Crippen molar-refractivity contribution in [3.05, 3.63) is 115 Å². The second-order valence-electron chi connectivity index (χ2n) is 8.08. The van der Waals surface area contributed by atoms with Crippen molar-refractivity contribution in [2.75, 3.05) is 0 Å². The lowest BCUT2D eigenvalue weighted by Gasteiger charge is -2.08. The molecule has 3 heterocycles. The van der Waals surface area contributed by atoms with Gasteiger partial charge in [-0.05, 0) is 48.5 Å². The molecule has 7 aromatic rings. The van der Waals surface area contributed by atoms with Crippen LogP contribution in [0.4, 0.5) is 0 Å². The van der Waals surface area contributed by atoms with Gasteiger partial charge in [0, 0.05) is 33.4 Å². The van der Waals surface area contributed by atoms with Crippen LogP contribution in [0.15, 0.2) is 115 Å². The third-order valence-electron chi connectivity index (χ3n) is 6.36. The molecule has 150 valence electrons. The highest BCUT2D eigenvalue weighted by Crippen LogP contribution is 2.41. The van der Waals surface area contributed by atoms with Crippen LogP contribution in [-0.2, 0) is 0 Å². The predicted octanol–water partition coefficient (Wildman–Crippen LogP) is 7.28. The molecule has 4 aromatic carbocycles. The smallest absolute Gasteiger partial charge is 0.137 e. The highest BCUT2D eigenvalue weighted by molar-refractivity contribution is 6.28. The molecule has 0 radical (unpaired) electrons. The molecular formula is C29H19N3. The molecule has 0 fully saturated rings. The monoisotopic (exact) mass is 409 g/mol. The van der Waals surface area contributed by atoms with Crippen LogP contribution in [0.1, 0.15) is 0 Å². The van der Waals surface area contributed by atoms with E-state index >= 15 is 0 Å². The largest absolute Gasteiger partial charge is 0.309 e. The number of rotatable bonds is 2. The van der Waals surface area contributed by atoms with Crippen LogP contribution in [0.3, 0.4) is 0 Å². The summed E-state index contributed by atoms with van der Waals surface area (Å²) in [4.78, 5) is 4.67. The molecule has 0 aliphatic carbocycles. The standard InChI is InChI=1S/C29H19N3/c1-2-10-20(11-3-1)31-23-14-6-4-12-21(23)28-25(31)17-18-26-29(28)22-13-5-7-15-24(22)32(26)27-16-8-9-19-30-27/h1-19H. The summed E-state index contributed by atoms with van der Waals surface area (Å²) in [5, 5.41) is 5.07. The van der Waals surface area contributed by atoms with E-state index in [9.17, 15) is 0 Å². The number of aromatic nitrogens is 3. The summed E-state index contributed by atoms with van der Waals surface area (Å²) in [5.74, 6) is 0.935. The number of para-hydroxylation sites is 3. The Labute approximate surface area is 184 Å². The van der Waals surface area contributed by atoms with Crippen LogP contribution in [-0.4, -0.2) is 14.1 Å². The highest BCUT2D eigenvalue weighted by Gasteiger charge is 2.20. The second kappa shape index (κ2) is 6.56. The first kappa shape index (κ1) is 17.3. The lowest BCUT2D eigenvalue weighted by atomic mass is 10.1. The zero-order valence-electron chi connectivity index (χ0n) is 17.3. The molecule has 0 saturated carbocycles. The molecule has 0 saturated heterocycles. The Hall–Kier alpha value is -4.37. The third kappa shape index (κ3) is 2.28. The predicted molar refractivity (Wildman–Crippen MR) is 133 cm³/mol. The fourth-order valence-electron chi connectivity index (χ4n) is 5.11. The maximum absolute atomic E-state index is 4.67. The number of nitrogens with zero attached hydrogens (tertiary/aromatic N) is 3. The number of hydrogen-bond donors (Lipinski definition) is 0. The zero-order chi connectivity index (χ0) is 21.1. The lowest BCUT2D eigenvalue weighted by molar-refractivity contribution is 1.08. The van der Waals surface area contributed by atoms with Crippen molar-refractivity contribution in [1.82, 2.24) is 14.1 Å². The van der Waals surface area contributed by atoms with Crippen molar-refractivity contribution in [3.8, 4) is 11.5 Å². The van der Waals surface area contributed by atoms with Crippen molar-refractivity contribution < 1.29 is 0 Å². The number of fused-ring (bicyclic) bond motifs is 7. The van der Waals surface area contributed by atoms with E-state index in [1.165, 1.54) is 49.3 Å². The maximum Gasteiger partial charge on any atom is 0.137 e. The third-order valence-corrected chi connectivity index (χ3v) is 6.36. The Bertz CT molecular complexity index is 1620. The molecule has 3 heteroatoms. The van der Waals surface area contributed by atoms with E-state index in [0.717, 1.165) is 5.82 Å². The average molecular weight is 409 g/mol. The minimum atomic E-state index is 0.935. The van der Waals surface area contributed by atoms with Crippen LogP contribution in [0.2, 0.25) is 0 Å². The van der Waals surface area contributed by atoms with E-state index in [-0.39, 0.29) is 0 Å². The fraction of sp³-hybridized carbons (Fsp3) is 0. The van der Waals surface area contributed by atoms with E-state index in [1.54, 1.807) is 0 Å². The number of benzene rings is 4. The van der Waals surface area contributed by atoms with Gasteiger partial charge in [0.2, 0.25) is 0 Å². The first-order valence-electron chi connectivity index (χ1n) is 10.8. The van der Waals surface area contributed by atoms with Crippen LogP contribution >= 0.6 is 0 Å². The minimum Gasteiger partial charge on any atom is -0.309 e. The molecular weight excluding hydrogens is 390 g/mol. The average Bonchev–Trinajstić information content (AvgIpc) is 3.38. The van der Waals surface area contributed by atoms with Crippen molar-refractivity contribution >= 4 is 43.6 Å². The maximum atomic E-state index is 4.67. The minimum absolute atomic E-state index is 0.935. The fourth-order valence-corrected chi connectivity index (χ4v) is 5.11. The zero-order valence-corrected chi connectivity index (χ0v) is 17.3. The molecule has 0 aliphatic heterocycles. The quantitative estimate of drug-likeness (QED) is 0.294. The number of pyridine rings is 1. The van der Waals surface area contributed by atoms with Gasteiger partial charge in [0.1, 0.15) is 5.82 Å². The van der Waals surface area contributed by atoms with Gasteiger partial charge in [0.15, 0.2) is 0 Å². The van der Waals surface area contributed by atoms with Crippen molar-refractivity contribution in [2.45, 2.75) is 0 Å². The summed E-state index contributed by atoms with van der Waals surface area (Å²) in [7, 11) is 0. The van der Waals surface area contributed by atoms with Crippen molar-refractivity contribution in [2.24, 2.45) is 0 Å². The van der Waals surface area contributed by atoms with Crippen LogP contribution in [0, 0.1) is 0 Å². The van der Waals surface area contributed by atoms with Gasteiger partial charge in [-0.25, -0.2) is 4.98 Å². The Kier molecular flexibility index (Phi) is 3.55. The normalized spacial score (nSPS) is 11.8. The van der Waals surface area contributed by atoms with E-state index < -0.39 is 0 Å². The Morgan fingerprint density at radius 2 is 1.00 bits per heavy atom. The Morgan fingerprint density at radius 3 is 1.66 bits per heavy atom. The van der Waals surface area contributed by atoms with Gasteiger partial charge < -0.3 is 4.57 Å².